The number of rotatable bonds is 11. The molecule has 1 aliphatic carbocycles. The maximum atomic E-state index is 12.6. The molecule has 1 aliphatic rings. The van der Waals surface area contributed by atoms with Gasteiger partial charge in [0.05, 0.1) is 12.1 Å². The smallest absolute Gasteiger partial charge is 0.244 e. The van der Waals surface area contributed by atoms with Crippen LogP contribution in [-0.2, 0) is 14.8 Å². The quantitative estimate of drug-likeness (QED) is 0.248. The summed E-state index contributed by atoms with van der Waals surface area (Å²) in [5, 5.41) is 17.7. The van der Waals surface area contributed by atoms with Gasteiger partial charge in [0, 0.05) is 36.6 Å². The largest absolute Gasteiger partial charge is 0.506 e. The molecule has 0 bridgehead atoms. The lowest BCUT2D eigenvalue weighted by Crippen LogP contribution is -2.32. The summed E-state index contributed by atoms with van der Waals surface area (Å²) in [5.74, 6) is 1.85. The first-order valence-electron chi connectivity index (χ1n) is 12.1. The van der Waals surface area contributed by atoms with Gasteiger partial charge in [0.2, 0.25) is 16.0 Å². The summed E-state index contributed by atoms with van der Waals surface area (Å²) in [5.41, 5.74) is 0.878. The topological polar surface area (TPSA) is 125 Å². The number of methoxy groups -OCH3 is 1. The van der Waals surface area contributed by atoms with Crippen molar-refractivity contribution in [1.82, 2.24) is 14.7 Å². The van der Waals surface area contributed by atoms with Crippen LogP contribution in [0.1, 0.15) is 25.7 Å². The molecule has 0 saturated heterocycles. The molecule has 0 amide bonds. The zero-order valence-corrected chi connectivity index (χ0v) is 22.6. The Morgan fingerprint density at radius 2 is 1.75 bits per heavy atom. The average molecular weight is 579 g/mol. The minimum absolute atomic E-state index is 0.102. The third kappa shape index (κ3) is 6.84. The fourth-order valence-electron chi connectivity index (χ4n) is 4.46. The highest BCUT2D eigenvalue weighted by Crippen LogP contribution is 2.30. The van der Waals surface area contributed by atoms with Crippen molar-refractivity contribution in [2.75, 3.05) is 44.0 Å². The molecule has 0 atom stereocenters. The molecule has 1 heterocycles. The van der Waals surface area contributed by atoms with Crippen LogP contribution < -0.4 is 15.4 Å². The number of nitrogens with one attached hydrogen (secondary N) is 3. The lowest BCUT2D eigenvalue weighted by atomic mass is 9.82. The van der Waals surface area contributed by atoms with E-state index in [1.165, 1.54) is 12.1 Å². The Labute approximate surface area is 220 Å². The Hall–Kier alpha value is -2.47. The van der Waals surface area contributed by atoms with Crippen molar-refractivity contribution in [2.45, 2.75) is 30.6 Å². The van der Waals surface area contributed by atoms with Gasteiger partial charge in [-0.15, -0.1) is 0 Å². The lowest BCUT2D eigenvalue weighted by molar-refractivity contribution is 0.210. The van der Waals surface area contributed by atoms with E-state index in [0.717, 1.165) is 48.9 Å². The van der Waals surface area contributed by atoms with E-state index < -0.39 is 10.0 Å². The van der Waals surface area contributed by atoms with Crippen molar-refractivity contribution in [3.8, 4) is 5.75 Å². The Balaban J connectivity index is 1.28. The first-order valence-corrected chi connectivity index (χ1v) is 14.3. The van der Waals surface area contributed by atoms with Gasteiger partial charge in [0.1, 0.15) is 16.5 Å². The van der Waals surface area contributed by atoms with Crippen LogP contribution in [0.4, 0.5) is 11.8 Å². The van der Waals surface area contributed by atoms with Crippen LogP contribution in [0.25, 0.3) is 10.9 Å². The van der Waals surface area contributed by atoms with Gasteiger partial charge < -0.3 is 20.5 Å². The van der Waals surface area contributed by atoms with Gasteiger partial charge in [-0.05, 0) is 67.9 Å². The Morgan fingerprint density at radius 3 is 2.47 bits per heavy atom. The molecular weight excluding hydrogens is 546 g/mol. The normalized spacial score (nSPS) is 18.3. The van der Waals surface area contributed by atoms with Crippen LogP contribution in [0.2, 0.25) is 0 Å². The van der Waals surface area contributed by atoms with Crippen LogP contribution >= 0.6 is 15.9 Å². The van der Waals surface area contributed by atoms with Crippen molar-refractivity contribution < 1.29 is 18.3 Å². The number of anilines is 2. The number of hydrogen-bond acceptors (Lipinski definition) is 8. The number of phenols is 1. The van der Waals surface area contributed by atoms with Crippen molar-refractivity contribution >= 4 is 48.6 Å². The number of benzene rings is 2. The molecule has 1 saturated carbocycles. The zero-order valence-electron chi connectivity index (χ0n) is 20.2. The molecule has 36 heavy (non-hydrogen) atoms. The molecule has 4 rings (SSSR count). The number of aromatic hydroxyl groups is 1. The van der Waals surface area contributed by atoms with Gasteiger partial charge in [0.25, 0.3) is 0 Å². The second-order valence-corrected chi connectivity index (χ2v) is 11.7. The third-order valence-electron chi connectivity index (χ3n) is 6.49. The van der Waals surface area contributed by atoms with Gasteiger partial charge in [-0.25, -0.2) is 18.1 Å². The number of hydrogen-bond donors (Lipinski definition) is 4. The number of sulfonamides is 1. The molecule has 0 spiro atoms. The molecule has 0 radical (unpaired) electrons. The third-order valence-corrected chi connectivity index (χ3v) is 8.45. The second kappa shape index (κ2) is 12.2. The van der Waals surface area contributed by atoms with E-state index in [1.807, 2.05) is 24.3 Å². The number of phenolic OH excluding ortho intramolecular Hbond substituents is 1. The van der Waals surface area contributed by atoms with Gasteiger partial charge in [0.15, 0.2) is 0 Å². The Kier molecular flexibility index (Phi) is 9.00. The summed E-state index contributed by atoms with van der Waals surface area (Å²) < 4.78 is 33.7. The van der Waals surface area contributed by atoms with Crippen molar-refractivity contribution in [1.29, 1.82) is 0 Å². The van der Waals surface area contributed by atoms with Crippen molar-refractivity contribution in [2.24, 2.45) is 11.8 Å². The summed E-state index contributed by atoms with van der Waals surface area (Å²) in [7, 11) is -2.09. The average Bonchev–Trinajstić information content (AvgIpc) is 2.87. The monoisotopic (exact) mass is 577 g/mol. The highest BCUT2D eigenvalue weighted by molar-refractivity contribution is 9.10. The van der Waals surface area contributed by atoms with Crippen LogP contribution in [-0.4, -0.2) is 56.8 Å². The van der Waals surface area contributed by atoms with Crippen LogP contribution in [0, 0.1) is 11.8 Å². The molecule has 4 N–H and O–H groups in total. The molecule has 194 valence electrons. The highest BCUT2D eigenvalue weighted by atomic mass is 79.9. The number of para-hydroxylation sites is 1. The summed E-state index contributed by atoms with van der Waals surface area (Å²) >= 11 is 3.23. The highest BCUT2D eigenvalue weighted by Gasteiger charge is 2.25. The fraction of sp³-hybridized carbons (Fsp3) is 0.440. The second-order valence-electron chi connectivity index (χ2n) is 9.06. The SMILES string of the molecule is COCCNc1nc(NC[C@H]2CC[C@H](CNS(=O)(=O)c3ccc(Br)cc3O)CC2)nc2ccccc12. The number of nitrogens with zero attached hydrogens (tertiary/aromatic N) is 2. The maximum Gasteiger partial charge on any atom is 0.244 e. The first kappa shape index (κ1) is 26.6. The van der Waals surface area contributed by atoms with Crippen LogP contribution in [0.15, 0.2) is 51.8 Å². The molecule has 9 nitrogen and oxygen atoms in total. The van der Waals surface area contributed by atoms with E-state index in [1.54, 1.807) is 13.2 Å². The number of halogens is 1. The Morgan fingerprint density at radius 1 is 1.03 bits per heavy atom. The molecule has 11 heteroatoms. The number of ether oxygens (including phenoxy) is 1. The summed E-state index contributed by atoms with van der Waals surface area (Å²) in [4.78, 5) is 9.25. The van der Waals surface area contributed by atoms with E-state index in [0.29, 0.717) is 36.0 Å². The van der Waals surface area contributed by atoms with E-state index in [2.05, 4.69) is 41.3 Å². The maximum absolute atomic E-state index is 12.6. The summed E-state index contributed by atoms with van der Waals surface area (Å²) in [6.45, 7) is 2.38. The molecular formula is C25H32BrN5O4S. The molecule has 2 aromatic carbocycles. The predicted molar refractivity (Wildman–Crippen MR) is 145 cm³/mol. The van der Waals surface area contributed by atoms with E-state index >= 15 is 0 Å². The van der Waals surface area contributed by atoms with Gasteiger partial charge in [-0.3, -0.25) is 0 Å². The van der Waals surface area contributed by atoms with E-state index in [9.17, 15) is 13.5 Å². The van der Waals surface area contributed by atoms with Crippen LogP contribution in [0.5, 0.6) is 5.75 Å². The molecule has 1 fully saturated rings. The fourth-order valence-corrected chi connectivity index (χ4v) is 6.00. The lowest BCUT2D eigenvalue weighted by Gasteiger charge is -2.28. The first-order chi connectivity index (χ1) is 17.4. The summed E-state index contributed by atoms with van der Waals surface area (Å²) in [6, 6.07) is 12.3. The minimum Gasteiger partial charge on any atom is -0.506 e. The number of aromatic nitrogens is 2. The van der Waals surface area contributed by atoms with Gasteiger partial charge in [-0.1, -0.05) is 28.1 Å². The number of fused-ring (bicyclic) bond motifs is 1. The van der Waals surface area contributed by atoms with Crippen LogP contribution in [0.3, 0.4) is 0 Å². The van der Waals surface area contributed by atoms with Crippen molar-refractivity contribution in [3.63, 3.8) is 0 Å². The predicted octanol–water partition coefficient (Wildman–Crippen LogP) is 4.35. The standard InChI is InChI=1S/C25H32BrN5O4S/c1-35-13-12-27-24-20-4-2-3-5-21(20)30-25(31-24)28-15-17-6-8-18(9-7-17)16-29-36(33,34)23-11-10-19(26)14-22(23)32/h2-5,10-11,14,17-18,29,32H,6-9,12-13,15-16H2,1H3,(H2,27,28,30,31)/t17-,18-. The van der Waals surface area contributed by atoms with Crippen molar-refractivity contribution in [3.05, 3.63) is 46.9 Å². The van der Waals surface area contributed by atoms with Gasteiger partial charge >= 0.3 is 0 Å². The molecule has 3 aromatic rings. The van der Waals surface area contributed by atoms with E-state index in [4.69, 9.17) is 4.74 Å². The van der Waals surface area contributed by atoms with Gasteiger partial charge in [-0.2, -0.15) is 4.98 Å². The zero-order chi connectivity index (χ0) is 25.5. The summed E-state index contributed by atoms with van der Waals surface area (Å²) in [6.07, 6.45) is 3.86. The minimum atomic E-state index is -3.76. The Bertz CT molecular complexity index is 1280. The molecule has 0 unspecified atom stereocenters. The molecule has 0 aliphatic heterocycles. The molecule has 1 aromatic heterocycles. The van der Waals surface area contributed by atoms with E-state index in [-0.39, 0.29) is 16.6 Å².